The molecule has 0 radical (unpaired) electrons. The average molecular weight is 621 g/mol. The highest BCUT2D eigenvalue weighted by molar-refractivity contribution is 6.08. The zero-order chi connectivity index (χ0) is 32.5. The molecule has 2 aliphatic heterocycles. The summed E-state index contributed by atoms with van der Waals surface area (Å²) in [6.07, 6.45) is 0. The molecule has 9 rings (SSSR count). The molecular formula is C46H40N2. The summed E-state index contributed by atoms with van der Waals surface area (Å²) in [6, 6.07) is 59.1. The minimum Gasteiger partial charge on any atom is -0.286 e. The van der Waals surface area contributed by atoms with Crippen molar-refractivity contribution in [1.29, 1.82) is 0 Å². The van der Waals surface area contributed by atoms with Crippen LogP contribution in [0.3, 0.4) is 0 Å². The first-order valence-corrected chi connectivity index (χ1v) is 17.0. The van der Waals surface area contributed by atoms with Gasteiger partial charge in [-0.15, -0.1) is 13.2 Å². The summed E-state index contributed by atoms with van der Waals surface area (Å²) in [5.74, 6) is 0. The van der Waals surface area contributed by atoms with Gasteiger partial charge in [0.2, 0.25) is 0 Å². The van der Waals surface area contributed by atoms with Crippen LogP contribution in [-0.2, 0) is 26.2 Å². The Morgan fingerprint density at radius 1 is 0.354 bits per heavy atom. The number of rotatable bonds is 5. The molecule has 0 aromatic heterocycles. The summed E-state index contributed by atoms with van der Waals surface area (Å²) < 4.78 is 0. The molecule has 0 saturated carbocycles. The summed E-state index contributed by atoms with van der Waals surface area (Å²) in [4.78, 5) is 5.48. The van der Waals surface area contributed by atoms with Gasteiger partial charge in [-0.05, 0) is 66.1 Å². The molecule has 0 N–H and O–H groups in total. The highest BCUT2D eigenvalue weighted by Gasteiger charge is 2.38. The fraction of sp³-hybridized carbons (Fsp3) is 0.130. The fourth-order valence-corrected chi connectivity index (χ4v) is 8.22. The van der Waals surface area contributed by atoms with Crippen LogP contribution in [0.25, 0.3) is 32.7 Å². The van der Waals surface area contributed by atoms with Gasteiger partial charge in [0.1, 0.15) is 0 Å². The van der Waals surface area contributed by atoms with Crippen LogP contribution in [0.5, 0.6) is 0 Å². The van der Waals surface area contributed by atoms with E-state index in [0.717, 1.165) is 26.2 Å². The largest absolute Gasteiger partial charge is 0.286 e. The lowest BCUT2D eigenvalue weighted by atomic mass is 9.88. The molecule has 2 aliphatic rings. The molecule has 48 heavy (non-hydrogen) atoms. The highest BCUT2D eigenvalue weighted by atomic mass is 15.3. The molecule has 2 unspecified atom stereocenters. The number of fused-ring (bicyclic) bond motifs is 8. The minimum absolute atomic E-state index is 0.134. The van der Waals surface area contributed by atoms with Crippen LogP contribution < -0.4 is 0 Å². The normalized spacial score (nSPS) is 15.4. The Balaban J connectivity index is 0.00000165. The summed E-state index contributed by atoms with van der Waals surface area (Å²) in [5.41, 5.74) is 11.2. The van der Waals surface area contributed by atoms with Gasteiger partial charge in [-0.2, -0.15) is 0 Å². The van der Waals surface area contributed by atoms with Gasteiger partial charge in [-0.1, -0.05) is 158 Å². The van der Waals surface area contributed by atoms with Crippen LogP contribution in [0.2, 0.25) is 0 Å². The topological polar surface area (TPSA) is 6.48 Å². The van der Waals surface area contributed by atoms with Crippen molar-refractivity contribution in [2.75, 3.05) is 0 Å². The second kappa shape index (κ2) is 13.1. The minimum atomic E-state index is 0.134. The molecule has 0 saturated heterocycles. The third kappa shape index (κ3) is 5.34. The van der Waals surface area contributed by atoms with Crippen LogP contribution in [0.4, 0.5) is 0 Å². The fourth-order valence-electron chi connectivity index (χ4n) is 8.22. The van der Waals surface area contributed by atoms with E-state index in [1.807, 2.05) is 0 Å². The van der Waals surface area contributed by atoms with E-state index in [4.69, 9.17) is 0 Å². The Morgan fingerprint density at radius 2 is 0.708 bits per heavy atom. The van der Waals surface area contributed by atoms with E-state index in [0.29, 0.717) is 0 Å². The molecule has 0 fully saturated rings. The smallest absolute Gasteiger partial charge is 0.0552 e. The number of hydrogen-bond acceptors (Lipinski definition) is 2. The number of hydrogen-bond donors (Lipinski definition) is 0. The summed E-state index contributed by atoms with van der Waals surface area (Å²) in [5, 5.41) is 5.27. The van der Waals surface area contributed by atoms with Crippen molar-refractivity contribution < 1.29 is 0 Å². The SMILES string of the molecule is C=C.c1ccc(C(C(c2ccccc2)N2Cc3ccc4ccccc4c3-c3c(ccc4ccccc34)C2)N2Cc3ccccc3C2)cc1. The standard InChI is InChI=1S/C44H36N2.C2H4/c1-3-15-33(16-4-1)43(45-27-35-19-7-8-20-36(35)28-45)44(34-17-5-2-6-18-34)46-29-37-25-23-31-13-9-11-21-39(31)41(37)42-38(30-46)26-24-32-14-10-12-22-40(32)42;1-2/h1-26,43-44H,27-30H2;1-2H2. The van der Waals surface area contributed by atoms with Gasteiger partial charge in [0.05, 0.1) is 12.1 Å². The first-order valence-electron chi connectivity index (χ1n) is 17.0. The third-order valence-corrected chi connectivity index (χ3v) is 10.3. The second-order valence-corrected chi connectivity index (χ2v) is 12.9. The average Bonchev–Trinajstić information content (AvgIpc) is 3.51. The zero-order valence-electron chi connectivity index (χ0n) is 27.3. The van der Waals surface area contributed by atoms with Gasteiger partial charge in [0.25, 0.3) is 0 Å². The maximum Gasteiger partial charge on any atom is 0.0552 e. The lowest BCUT2D eigenvalue weighted by molar-refractivity contribution is 0.0632. The molecule has 2 heteroatoms. The van der Waals surface area contributed by atoms with Crippen molar-refractivity contribution >= 4 is 21.5 Å². The maximum absolute atomic E-state index is 3.00. The Bertz CT molecular complexity index is 2090. The Morgan fingerprint density at radius 3 is 1.15 bits per heavy atom. The van der Waals surface area contributed by atoms with E-state index in [1.165, 1.54) is 66.1 Å². The molecule has 2 heterocycles. The lowest BCUT2D eigenvalue weighted by Crippen LogP contribution is -2.38. The summed E-state index contributed by atoms with van der Waals surface area (Å²) >= 11 is 0. The molecule has 0 aliphatic carbocycles. The van der Waals surface area contributed by atoms with Gasteiger partial charge >= 0.3 is 0 Å². The predicted octanol–water partition coefficient (Wildman–Crippen LogP) is 11.3. The van der Waals surface area contributed by atoms with Crippen molar-refractivity contribution in [3.05, 3.63) is 204 Å². The van der Waals surface area contributed by atoms with Gasteiger partial charge in [-0.25, -0.2) is 0 Å². The maximum atomic E-state index is 3.00. The van der Waals surface area contributed by atoms with Gasteiger partial charge in [-0.3, -0.25) is 9.80 Å². The molecule has 0 bridgehead atoms. The molecule has 2 nitrogen and oxygen atoms in total. The van der Waals surface area contributed by atoms with E-state index >= 15 is 0 Å². The van der Waals surface area contributed by atoms with Crippen molar-refractivity contribution in [1.82, 2.24) is 9.80 Å². The van der Waals surface area contributed by atoms with Gasteiger partial charge in [0, 0.05) is 26.2 Å². The van der Waals surface area contributed by atoms with Gasteiger partial charge in [0.15, 0.2) is 0 Å². The second-order valence-electron chi connectivity index (χ2n) is 12.9. The molecule has 7 aromatic rings. The lowest BCUT2D eigenvalue weighted by Gasteiger charge is -2.42. The molecule has 2 atom stereocenters. The first kappa shape index (κ1) is 30.1. The molecular weight excluding hydrogens is 581 g/mol. The number of nitrogens with zero attached hydrogens (tertiary/aromatic N) is 2. The number of benzene rings is 7. The predicted molar refractivity (Wildman–Crippen MR) is 201 cm³/mol. The van der Waals surface area contributed by atoms with E-state index in [2.05, 4.69) is 181 Å². The van der Waals surface area contributed by atoms with E-state index in [1.54, 1.807) is 0 Å². The van der Waals surface area contributed by atoms with E-state index in [9.17, 15) is 0 Å². The Hall–Kier alpha value is -5.28. The molecule has 7 aromatic carbocycles. The molecule has 0 amide bonds. The van der Waals surface area contributed by atoms with Crippen LogP contribution >= 0.6 is 0 Å². The zero-order valence-corrected chi connectivity index (χ0v) is 27.3. The third-order valence-electron chi connectivity index (χ3n) is 10.3. The Kier molecular flexibility index (Phi) is 8.20. The quantitative estimate of drug-likeness (QED) is 0.177. The summed E-state index contributed by atoms with van der Waals surface area (Å²) in [6.45, 7) is 9.64. The van der Waals surface area contributed by atoms with Crippen LogP contribution in [0, 0.1) is 0 Å². The van der Waals surface area contributed by atoms with Crippen molar-refractivity contribution in [2.45, 2.75) is 38.3 Å². The van der Waals surface area contributed by atoms with Crippen molar-refractivity contribution in [2.24, 2.45) is 0 Å². The molecule has 0 spiro atoms. The molecule has 234 valence electrons. The summed E-state index contributed by atoms with van der Waals surface area (Å²) in [7, 11) is 0. The Labute approximate surface area is 284 Å². The van der Waals surface area contributed by atoms with Crippen LogP contribution in [-0.4, -0.2) is 9.80 Å². The van der Waals surface area contributed by atoms with E-state index in [-0.39, 0.29) is 12.1 Å². The van der Waals surface area contributed by atoms with E-state index < -0.39 is 0 Å². The van der Waals surface area contributed by atoms with Gasteiger partial charge < -0.3 is 0 Å². The van der Waals surface area contributed by atoms with Crippen LogP contribution in [0.15, 0.2) is 171 Å². The van der Waals surface area contributed by atoms with Crippen molar-refractivity contribution in [3.63, 3.8) is 0 Å². The first-order chi connectivity index (χ1) is 23.8. The van der Waals surface area contributed by atoms with Crippen LogP contribution in [0.1, 0.15) is 45.5 Å². The van der Waals surface area contributed by atoms with Crippen molar-refractivity contribution in [3.8, 4) is 11.1 Å². The highest BCUT2D eigenvalue weighted by Crippen LogP contribution is 2.48. The monoisotopic (exact) mass is 620 g/mol.